The lowest BCUT2D eigenvalue weighted by Crippen LogP contribution is -2.14. The number of halogens is 3. The molecule has 0 fully saturated rings. The molecule has 0 amide bonds. The average molecular weight is 403 g/mol. The molecule has 0 saturated carbocycles. The number of aromatic nitrogens is 1. The number of benzene rings is 2. The van der Waals surface area contributed by atoms with Crippen LogP contribution < -0.4 is 15.6 Å². The van der Waals surface area contributed by atoms with E-state index in [1.54, 1.807) is 24.3 Å². The second-order valence-corrected chi connectivity index (χ2v) is 7.02. The Balaban J connectivity index is 1.78. The third kappa shape index (κ3) is 3.12. The first-order valence-electron chi connectivity index (χ1n) is 8.24. The van der Waals surface area contributed by atoms with E-state index >= 15 is 0 Å². The molecule has 142 valence electrons. The molecular formula is C19H12F3N3O2S. The largest absolute Gasteiger partial charge is 0.493 e. The highest BCUT2D eigenvalue weighted by molar-refractivity contribution is 7.11. The standard InChI is InChI=1S/C19H12F3N3O2S/c20-19(21,22)14-3-1-2-4-15(14)24-17-13(10-23)18(26)25(28-17)12-5-6-16-11(9-12)7-8-27-16/h1-6,9,24H,7-8H2. The predicted octanol–water partition coefficient (Wildman–Crippen LogP) is 4.47. The van der Waals surface area contributed by atoms with Crippen LogP contribution in [-0.4, -0.2) is 10.6 Å². The molecule has 3 aromatic rings. The molecule has 5 nitrogen and oxygen atoms in total. The Morgan fingerprint density at radius 1 is 1.21 bits per heavy atom. The van der Waals surface area contributed by atoms with Gasteiger partial charge < -0.3 is 10.1 Å². The second-order valence-electron chi connectivity index (χ2n) is 6.07. The first-order chi connectivity index (χ1) is 13.4. The van der Waals surface area contributed by atoms with Crippen LogP contribution in [0, 0.1) is 11.3 Å². The number of anilines is 2. The van der Waals surface area contributed by atoms with Gasteiger partial charge in [-0.25, -0.2) is 3.96 Å². The van der Waals surface area contributed by atoms with Gasteiger partial charge in [0.25, 0.3) is 5.56 Å². The van der Waals surface area contributed by atoms with Crippen molar-refractivity contribution in [3.05, 3.63) is 69.5 Å². The molecule has 0 atom stereocenters. The fraction of sp³-hybridized carbons (Fsp3) is 0.158. The van der Waals surface area contributed by atoms with Crippen molar-refractivity contribution in [1.29, 1.82) is 5.26 Å². The third-order valence-corrected chi connectivity index (χ3v) is 5.36. The topological polar surface area (TPSA) is 67.1 Å². The van der Waals surface area contributed by atoms with Crippen molar-refractivity contribution in [2.24, 2.45) is 0 Å². The van der Waals surface area contributed by atoms with Gasteiger partial charge in [0, 0.05) is 6.42 Å². The number of alkyl halides is 3. The molecule has 28 heavy (non-hydrogen) atoms. The van der Waals surface area contributed by atoms with Crippen molar-refractivity contribution in [2.75, 3.05) is 11.9 Å². The van der Waals surface area contributed by atoms with E-state index in [1.807, 2.05) is 0 Å². The lowest BCUT2D eigenvalue weighted by Gasteiger charge is -2.13. The van der Waals surface area contributed by atoms with Gasteiger partial charge in [0.15, 0.2) is 5.56 Å². The molecular weight excluding hydrogens is 391 g/mol. The maximum Gasteiger partial charge on any atom is 0.418 e. The first kappa shape index (κ1) is 18.1. The van der Waals surface area contributed by atoms with Crippen molar-refractivity contribution in [3.63, 3.8) is 0 Å². The maximum absolute atomic E-state index is 13.2. The highest BCUT2D eigenvalue weighted by Gasteiger charge is 2.33. The Labute approximate surface area is 161 Å². The zero-order chi connectivity index (χ0) is 19.9. The van der Waals surface area contributed by atoms with Crippen molar-refractivity contribution in [3.8, 4) is 17.5 Å². The molecule has 0 unspecified atom stereocenters. The Morgan fingerprint density at radius 2 is 2.00 bits per heavy atom. The minimum Gasteiger partial charge on any atom is -0.493 e. The van der Waals surface area contributed by atoms with Crippen LogP contribution >= 0.6 is 11.5 Å². The highest BCUT2D eigenvalue weighted by atomic mass is 32.1. The third-order valence-electron chi connectivity index (χ3n) is 4.31. The van der Waals surface area contributed by atoms with Gasteiger partial charge in [-0.3, -0.25) is 4.79 Å². The van der Waals surface area contributed by atoms with E-state index in [2.05, 4.69) is 5.32 Å². The van der Waals surface area contributed by atoms with Gasteiger partial charge in [-0.2, -0.15) is 18.4 Å². The Bertz CT molecular complexity index is 1160. The van der Waals surface area contributed by atoms with Gasteiger partial charge in [0.1, 0.15) is 16.8 Å². The van der Waals surface area contributed by atoms with E-state index in [0.717, 1.165) is 28.9 Å². The van der Waals surface area contributed by atoms with E-state index in [9.17, 15) is 23.2 Å². The smallest absolute Gasteiger partial charge is 0.418 e. The average Bonchev–Trinajstić information content (AvgIpc) is 3.24. The highest BCUT2D eigenvalue weighted by Crippen LogP contribution is 2.37. The maximum atomic E-state index is 13.2. The molecule has 0 bridgehead atoms. The fourth-order valence-electron chi connectivity index (χ4n) is 2.99. The quantitative estimate of drug-likeness (QED) is 0.701. The van der Waals surface area contributed by atoms with Crippen LogP contribution in [0.15, 0.2) is 47.3 Å². The number of nitrogens with one attached hydrogen (secondary N) is 1. The molecule has 0 spiro atoms. The molecule has 0 aliphatic carbocycles. The van der Waals surface area contributed by atoms with Gasteiger partial charge in [-0.15, -0.1) is 0 Å². The van der Waals surface area contributed by atoms with Gasteiger partial charge in [0.2, 0.25) is 0 Å². The molecule has 0 radical (unpaired) electrons. The molecule has 4 rings (SSSR count). The minimum atomic E-state index is -4.57. The first-order valence-corrected chi connectivity index (χ1v) is 9.01. The molecule has 1 N–H and O–H groups in total. The minimum absolute atomic E-state index is 0.0564. The summed E-state index contributed by atoms with van der Waals surface area (Å²) in [6.07, 6.45) is -3.86. The number of para-hydroxylation sites is 1. The number of nitriles is 1. The van der Waals surface area contributed by atoms with Crippen LogP contribution in [0.25, 0.3) is 5.69 Å². The predicted molar refractivity (Wildman–Crippen MR) is 98.6 cm³/mol. The Hall–Kier alpha value is -3.25. The summed E-state index contributed by atoms with van der Waals surface area (Å²) in [5.74, 6) is 0.742. The molecule has 9 heteroatoms. The summed E-state index contributed by atoms with van der Waals surface area (Å²) in [6.45, 7) is 0.558. The van der Waals surface area contributed by atoms with E-state index in [-0.39, 0.29) is 16.3 Å². The summed E-state index contributed by atoms with van der Waals surface area (Å²) in [5.41, 5.74) is -0.443. The number of hydrogen-bond donors (Lipinski definition) is 1. The van der Waals surface area contributed by atoms with E-state index in [4.69, 9.17) is 4.74 Å². The Morgan fingerprint density at radius 3 is 2.75 bits per heavy atom. The van der Waals surface area contributed by atoms with Crippen molar-refractivity contribution < 1.29 is 17.9 Å². The van der Waals surface area contributed by atoms with Gasteiger partial charge in [0.05, 0.1) is 23.5 Å². The van der Waals surface area contributed by atoms with Gasteiger partial charge in [-0.05, 0) is 47.4 Å². The number of rotatable bonds is 3. The van der Waals surface area contributed by atoms with Gasteiger partial charge in [-0.1, -0.05) is 12.1 Å². The number of nitrogens with zero attached hydrogens (tertiary/aromatic N) is 2. The molecule has 1 aliphatic heterocycles. The summed E-state index contributed by atoms with van der Waals surface area (Å²) < 4.78 is 46.4. The summed E-state index contributed by atoms with van der Waals surface area (Å²) in [7, 11) is 0. The van der Waals surface area contributed by atoms with Crippen LogP contribution in [0.3, 0.4) is 0 Å². The summed E-state index contributed by atoms with van der Waals surface area (Å²) in [5, 5.41) is 12.1. The van der Waals surface area contributed by atoms with Crippen molar-refractivity contribution in [1.82, 2.24) is 3.96 Å². The number of hydrogen-bond acceptors (Lipinski definition) is 5. The zero-order valence-corrected chi connectivity index (χ0v) is 15.0. The fourth-order valence-corrected chi connectivity index (χ4v) is 3.95. The molecule has 1 aromatic heterocycles. The second kappa shape index (κ2) is 6.73. The molecule has 1 aliphatic rings. The molecule has 2 heterocycles. The monoisotopic (exact) mass is 403 g/mol. The van der Waals surface area contributed by atoms with E-state index in [0.29, 0.717) is 18.7 Å². The SMILES string of the molecule is N#Cc1c(Nc2ccccc2C(F)(F)F)sn(-c2ccc3c(c2)CCO3)c1=O. The number of fused-ring (bicyclic) bond motifs is 1. The van der Waals surface area contributed by atoms with Crippen LogP contribution in [0.1, 0.15) is 16.7 Å². The zero-order valence-electron chi connectivity index (χ0n) is 14.2. The van der Waals surface area contributed by atoms with Gasteiger partial charge >= 0.3 is 6.18 Å². The van der Waals surface area contributed by atoms with Crippen molar-refractivity contribution in [2.45, 2.75) is 12.6 Å². The van der Waals surface area contributed by atoms with Crippen molar-refractivity contribution >= 4 is 22.2 Å². The molecule has 2 aromatic carbocycles. The van der Waals surface area contributed by atoms with Crippen LogP contribution in [0.4, 0.5) is 23.9 Å². The summed E-state index contributed by atoms with van der Waals surface area (Å²) in [4.78, 5) is 12.7. The van der Waals surface area contributed by atoms with E-state index in [1.165, 1.54) is 22.2 Å². The number of ether oxygens (including phenoxy) is 1. The lowest BCUT2D eigenvalue weighted by molar-refractivity contribution is -0.136. The van der Waals surface area contributed by atoms with E-state index < -0.39 is 17.3 Å². The summed E-state index contributed by atoms with van der Waals surface area (Å²) >= 11 is 0.886. The summed E-state index contributed by atoms with van der Waals surface area (Å²) in [6, 6.07) is 11.9. The lowest BCUT2D eigenvalue weighted by atomic mass is 10.1. The molecule has 0 saturated heterocycles. The van der Waals surface area contributed by atoms with Crippen LogP contribution in [0.2, 0.25) is 0 Å². The normalized spacial score (nSPS) is 12.9. The van der Waals surface area contributed by atoms with Crippen LogP contribution in [0.5, 0.6) is 5.75 Å². The Kier molecular flexibility index (Phi) is 4.35. The van der Waals surface area contributed by atoms with Crippen LogP contribution in [-0.2, 0) is 12.6 Å².